The van der Waals surface area contributed by atoms with Gasteiger partial charge in [0, 0.05) is 41.1 Å². The fraction of sp³-hybridized carbons (Fsp3) is 0.417. The molecule has 192 valence electrons. The molecule has 0 bridgehead atoms. The Morgan fingerprint density at radius 2 is 1.74 bits per heavy atom. The van der Waals surface area contributed by atoms with Gasteiger partial charge in [0.1, 0.15) is 6.04 Å². The van der Waals surface area contributed by atoms with E-state index in [4.69, 9.17) is 34.8 Å². The predicted molar refractivity (Wildman–Crippen MR) is 143 cm³/mol. The van der Waals surface area contributed by atoms with Crippen LogP contribution in [-0.4, -0.2) is 50.5 Å². The van der Waals surface area contributed by atoms with Crippen LogP contribution in [0.2, 0.25) is 15.1 Å². The maximum absolute atomic E-state index is 13.3. The topological polar surface area (TPSA) is 86.8 Å². The molecule has 11 heteroatoms. The van der Waals surface area contributed by atoms with Crippen molar-refractivity contribution in [2.24, 2.45) is 0 Å². The van der Waals surface area contributed by atoms with Crippen molar-refractivity contribution in [3.05, 3.63) is 63.1 Å². The first-order chi connectivity index (χ1) is 16.4. The molecule has 0 saturated carbocycles. The van der Waals surface area contributed by atoms with Crippen molar-refractivity contribution in [2.45, 2.75) is 45.7 Å². The summed E-state index contributed by atoms with van der Waals surface area (Å²) in [5.41, 5.74) is 1.07. The van der Waals surface area contributed by atoms with Crippen LogP contribution in [0.15, 0.2) is 42.5 Å². The molecule has 0 radical (unpaired) electrons. The van der Waals surface area contributed by atoms with Crippen molar-refractivity contribution < 1.29 is 18.0 Å². The summed E-state index contributed by atoms with van der Waals surface area (Å²) in [4.78, 5) is 27.4. The molecular formula is C24H30Cl3N3O4S. The van der Waals surface area contributed by atoms with E-state index in [1.54, 1.807) is 49.4 Å². The highest BCUT2D eigenvalue weighted by Crippen LogP contribution is 2.25. The number of halogens is 3. The van der Waals surface area contributed by atoms with Crippen molar-refractivity contribution in [1.82, 2.24) is 10.2 Å². The third kappa shape index (κ3) is 8.86. The molecular weight excluding hydrogens is 533 g/mol. The highest BCUT2D eigenvalue weighted by molar-refractivity contribution is 7.92. The summed E-state index contributed by atoms with van der Waals surface area (Å²) >= 11 is 18.3. The van der Waals surface area contributed by atoms with Gasteiger partial charge < -0.3 is 10.2 Å². The third-order valence-corrected chi connectivity index (χ3v) is 7.34. The first-order valence-electron chi connectivity index (χ1n) is 11.2. The second kappa shape index (κ2) is 13.3. The molecule has 0 aliphatic heterocycles. The predicted octanol–water partition coefficient (Wildman–Crippen LogP) is 5.14. The molecule has 0 spiro atoms. The highest BCUT2D eigenvalue weighted by Gasteiger charge is 2.27. The Balaban J connectivity index is 2.19. The van der Waals surface area contributed by atoms with Crippen LogP contribution in [0.3, 0.4) is 0 Å². The van der Waals surface area contributed by atoms with Gasteiger partial charge in [0.05, 0.1) is 11.9 Å². The minimum Gasteiger partial charge on any atom is -0.354 e. The zero-order valence-electron chi connectivity index (χ0n) is 19.9. The van der Waals surface area contributed by atoms with Crippen LogP contribution in [0.1, 0.15) is 38.7 Å². The van der Waals surface area contributed by atoms with Crippen molar-refractivity contribution in [3.63, 3.8) is 0 Å². The van der Waals surface area contributed by atoms with Crippen LogP contribution in [0, 0.1) is 0 Å². The summed E-state index contributed by atoms with van der Waals surface area (Å²) < 4.78 is 25.9. The summed E-state index contributed by atoms with van der Waals surface area (Å²) in [6.07, 6.45) is 2.14. The maximum atomic E-state index is 13.3. The number of hydrogen-bond acceptors (Lipinski definition) is 4. The van der Waals surface area contributed by atoms with E-state index in [1.807, 2.05) is 6.92 Å². The molecule has 2 aromatic rings. The minimum absolute atomic E-state index is 0.0309. The van der Waals surface area contributed by atoms with Gasteiger partial charge in [-0.15, -0.1) is 0 Å². The Hall–Kier alpha value is -2.00. The first-order valence-corrected chi connectivity index (χ1v) is 14.2. The number of hydrogen-bond donors (Lipinski definition) is 1. The van der Waals surface area contributed by atoms with Gasteiger partial charge in [-0.3, -0.25) is 13.9 Å². The van der Waals surface area contributed by atoms with Gasteiger partial charge in [0.2, 0.25) is 21.8 Å². The third-order valence-electron chi connectivity index (χ3n) is 5.32. The number of anilines is 1. The van der Waals surface area contributed by atoms with E-state index in [0.29, 0.717) is 32.9 Å². The molecule has 0 fully saturated rings. The molecule has 1 atom stereocenters. The number of nitrogens with zero attached hydrogens (tertiary/aromatic N) is 2. The Morgan fingerprint density at radius 3 is 2.34 bits per heavy atom. The zero-order valence-corrected chi connectivity index (χ0v) is 23.0. The summed E-state index contributed by atoms with van der Waals surface area (Å²) in [5, 5.41) is 4.07. The number of sulfonamides is 1. The number of nitrogens with one attached hydrogen (secondary N) is 1. The van der Waals surface area contributed by atoms with Crippen LogP contribution in [0.5, 0.6) is 0 Å². The lowest BCUT2D eigenvalue weighted by molar-refractivity contribution is -0.140. The largest absolute Gasteiger partial charge is 0.354 e. The molecule has 0 unspecified atom stereocenters. The maximum Gasteiger partial charge on any atom is 0.242 e. The number of amides is 2. The quantitative estimate of drug-likeness (QED) is 0.388. The highest BCUT2D eigenvalue weighted by atomic mass is 35.5. The van der Waals surface area contributed by atoms with E-state index >= 15 is 0 Å². The minimum atomic E-state index is -3.60. The van der Waals surface area contributed by atoms with E-state index in [9.17, 15) is 18.0 Å². The number of carbonyl (C=O) groups is 2. The second-order valence-corrected chi connectivity index (χ2v) is 11.3. The SMILES string of the molecule is CCCNC(=O)[C@@H](C)N(Cc1ccc(Cl)cc1Cl)C(=O)CCCN(c1cccc(Cl)c1)S(C)(=O)=O. The van der Waals surface area contributed by atoms with Crippen molar-refractivity contribution in [3.8, 4) is 0 Å². The molecule has 0 saturated heterocycles. The molecule has 0 aliphatic carbocycles. The number of rotatable bonds is 12. The summed E-state index contributed by atoms with van der Waals surface area (Å²) in [7, 11) is -3.60. The van der Waals surface area contributed by atoms with E-state index in [1.165, 1.54) is 9.21 Å². The molecule has 2 amide bonds. The van der Waals surface area contributed by atoms with Crippen molar-refractivity contribution in [2.75, 3.05) is 23.7 Å². The van der Waals surface area contributed by atoms with E-state index < -0.39 is 16.1 Å². The van der Waals surface area contributed by atoms with Crippen LogP contribution < -0.4 is 9.62 Å². The fourth-order valence-corrected chi connectivity index (χ4v) is 5.06. The van der Waals surface area contributed by atoms with E-state index in [2.05, 4.69) is 5.32 Å². The molecule has 0 aromatic heterocycles. The lowest BCUT2D eigenvalue weighted by Gasteiger charge is -2.29. The zero-order chi connectivity index (χ0) is 26.2. The first kappa shape index (κ1) is 29.2. The average molecular weight is 563 g/mol. The van der Waals surface area contributed by atoms with E-state index in [0.717, 1.165) is 12.7 Å². The van der Waals surface area contributed by atoms with Gasteiger partial charge in [0.15, 0.2) is 0 Å². The van der Waals surface area contributed by atoms with Crippen molar-refractivity contribution in [1.29, 1.82) is 0 Å². The molecule has 7 nitrogen and oxygen atoms in total. The van der Waals surface area contributed by atoms with E-state index in [-0.39, 0.29) is 37.7 Å². The fourth-order valence-electron chi connectivity index (χ4n) is 3.45. The van der Waals surface area contributed by atoms with Crippen molar-refractivity contribution >= 4 is 62.3 Å². The molecule has 35 heavy (non-hydrogen) atoms. The molecule has 0 aliphatic rings. The van der Waals surface area contributed by atoms with Gasteiger partial charge in [-0.25, -0.2) is 8.42 Å². The van der Waals surface area contributed by atoms with Crippen LogP contribution in [0.25, 0.3) is 0 Å². The lowest BCUT2D eigenvalue weighted by atomic mass is 10.1. The summed E-state index contributed by atoms with van der Waals surface area (Å²) in [5.74, 6) is -0.573. The number of benzene rings is 2. The lowest BCUT2D eigenvalue weighted by Crippen LogP contribution is -2.48. The number of carbonyl (C=O) groups excluding carboxylic acids is 2. The van der Waals surface area contributed by atoms with Crippen LogP contribution in [-0.2, 0) is 26.2 Å². The average Bonchev–Trinajstić information content (AvgIpc) is 2.78. The Morgan fingerprint density at radius 1 is 1.06 bits per heavy atom. The van der Waals surface area contributed by atoms with Gasteiger partial charge in [-0.2, -0.15) is 0 Å². The standard InChI is InChI=1S/C24H30Cl3N3O4S/c1-4-12-28-24(32)17(2)29(16-18-10-11-20(26)15-22(18)27)23(31)9-6-13-30(35(3,33)34)21-8-5-7-19(25)14-21/h5,7-8,10-11,14-15,17H,4,6,9,12-13,16H2,1-3H3,(H,28,32)/t17-/m1/s1. The monoisotopic (exact) mass is 561 g/mol. The van der Waals surface area contributed by atoms with Crippen LogP contribution in [0.4, 0.5) is 5.69 Å². The smallest absolute Gasteiger partial charge is 0.242 e. The summed E-state index contributed by atoms with van der Waals surface area (Å²) in [6.45, 7) is 4.28. The second-order valence-electron chi connectivity index (χ2n) is 8.14. The molecule has 0 heterocycles. The molecule has 2 aromatic carbocycles. The molecule has 1 N–H and O–H groups in total. The van der Waals surface area contributed by atoms with Crippen LogP contribution >= 0.6 is 34.8 Å². The normalized spacial score (nSPS) is 12.2. The Kier molecular flexibility index (Phi) is 11.1. The summed E-state index contributed by atoms with van der Waals surface area (Å²) in [6, 6.07) is 10.7. The molecule has 2 rings (SSSR count). The van der Waals surface area contributed by atoms with Gasteiger partial charge in [0.25, 0.3) is 0 Å². The van der Waals surface area contributed by atoms with Gasteiger partial charge in [-0.1, -0.05) is 53.9 Å². The Labute approximate surface area is 222 Å². The van der Waals surface area contributed by atoms with Gasteiger partial charge >= 0.3 is 0 Å². The Bertz CT molecular complexity index is 1140. The van der Waals surface area contributed by atoms with Gasteiger partial charge in [-0.05, 0) is 55.7 Å².